The van der Waals surface area contributed by atoms with Crippen molar-refractivity contribution in [1.82, 2.24) is 5.06 Å². The summed E-state index contributed by atoms with van der Waals surface area (Å²) in [7, 11) is 0. The molecular weight excluding hydrogens is 226 g/mol. The Kier molecular flexibility index (Phi) is 5.17. The normalized spacial score (nSPS) is 14.9. The Balaban J connectivity index is 2.19. The molecule has 2 amide bonds. The molecule has 0 N–H and O–H groups in total. The number of hydrogen-bond donors (Lipinski definition) is 0. The van der Waals surface area contributed by atoms with Crippen LogP contribution in [0.1, 0.15) is 25.7 Å². The average molecular weight is 239 g/mol. The van der Waals surface area contributed by atoms with E-state index in [1.807, 2.05) is 0 Å². The van der Waals surface area contributed by atoms with Gasteiger partial charge in [0.15, 0.2) is 0 Å². The van der Waals surface area contributed by atoms with Crippen molar-refractivity contribution in [1.29, 1.82) is 0 Å². The first-order valence-corrected chi connectivity index (χ1v) is 5.23. The molecule has 0 aromatic heterocycles. The molecule has 0 radical (unpaired) electrons. The van der Waals surface area contributed by atoms with Crippen molar-refractivity contribution in [3.05, 3.63) is 0 Å². The lowest BCUT2D eigenvalue weighted by Gasteiger charge is -2.12. The van der Waals surface area contributed by atoms with Crippen molar-refractivity contribution in [2.45, 2.75) is 25.7 Å². The van der Waals surface area contributed by atoms with E-state index in [9.17, 15) is 14.4 Å². The molecule has 0 aliphatic carbocycles. The van der Waals surface area contributed by atoms with Crippen molar-refractivity contribution < 1.29 is 24.0 Å². The lowest BCUT2D eigenvalue weighted by atomic mass is 10.4. The van der Waals surface area contributed by atoms with Crippen molar-refractivity contribution in [2.24, 2.45) is 0 Å². The summed E-state index contributed by atoms with van der Waals surface area (Å²) in [6.45, 7) is 0.516. The summed E-state index contributed by atoms with van der Waals surface area (Å²) in [5.74, 6) is 0.737. The van der Waals surface area contributed by atoms with E-state index in [-0.39, 0.29) is 25.9 Å². The third kappa shape index (κ3) is 4.25. The molecule has 6 heteroatoms. The number of terminal acetylenes is 1. The summed E-state index contributed by atoms with van der Waals surface area (Å²) >= 11 is 0. The number of amides is 2. The molecule has 1 fully saturated rings. The van der Waals surface area contributed by atoms with Gasteiger partial charge in [0.05, 0.1) is 19.6 Å². The van der Waals surface area contributed by atoms with E-state index >= 15 is 0 Å². The molecule has 0 bridgehead atoms. The van der Waals surface area contributed by atoms with E-state index < -0.39 is 17.8 Å². The third-order valence-corrected chi connectivity index (χ3v) is 2.04. The molecule has 0 atom stereocenters. The number of nitrogens with zero attached hydrogens (tertiary/aromatic N) is 1. The topological polar surface area (TPSA) is 72.9 Å². The molecule has 1 saturated heterocycles. The van der Waals surface area contributed by atoms with E-state index in [4.69, 9.17) is 11.2 Å². The lowest BCUT2D eigenvalue weighted by Crippen LogP contribution is -2.32. The van der Waals surface area contributed by atoms with Crippen LogP contribution in [0.15, 0.2) is 0 Å². The van der Waals surface area contributed by atoms with Gasteiger partial charge in [-0.1, -0.05) is 0 Å². The van der Waals surface area contributed by atoms with Gasteiger partial charge in [0, 0.05) is 19.3 Å². The molecule has 17 heavy (non-hydrogen) atoms. The monoisotopic (exact) mass is 239 g/mol. The largest absolute Gasteiger partial charge is 0.380 e. The van der Waals surface area contributed by atoms with Crippen LogP contribution in [0.3, 0.4) is 0 Å². The van der Waals surface area contributed by atoms with Crippen LogP contribution in [0, 0.1) is 12.3 Å². The van der Waals surface area contributed by atoms with Gasteiger partial charge in [0.25, 0.3) is 11.8 Å². The summed E-state index contributed by atoms with van der Waals surface area (Å²) in [5.41, 5.74) is 0. The average Bonchev–Trinajstić information content (AvgIpc) is 2.60. The zero-order chi connectivity index (χ0) is 12.7. The quantitative estimate of drug-likeness (QED) is 0.371. The van der Waals surface area contributed by atoms with Gasteiger partial charge in [-0.2, -0.15) is 0 Å². The van der Waals surface area contributed by atoms with Crippen LogP contribution < -0.4 is 0 Å². The van der Waals surface area contributed by atoms with Gasteiger partial charge in [-0.05, 0) is 0 Å². The van der Waals surface area contributed by atoms with Crippen LogP contribution in [0.2, 0.25) is 0 Å². The molecular formula is C11H13NO5. The summed E-state index contributed by atoms with van der Waals surface area (Å²) in [6, 6.07) is 0. The second-order valence-corrected chi connectivity index (χ2v) is 3.36. The van der Waals surface area contributed by atoms with E-state index in [0.717, 1.165) is 0 Å². The first-order valence-electron chi connectivity index (χ1n) is 5.23. The molecule has 1 aliphatic rings. The van der Waals surface area contributed by atoms with E-state index in [1.54, 1.807) is 0 Å². The minimum Gasteiger partial charge on any atom is -0.380 e. The predicted molar refractivity (Wildman–Crippen MR) is 56.1 cm³/mol. The highest BCUT2D eigenvalue weighted by Crippen LogP contribution is 2.12. The fourth-order valence-corrected chi connectivity index (χ4v) is 1.19. The molecule has 0 aromatic carbocycles. The zero-order valence-electron chi connectivity index (χ0n) is 9.31. The van der Waals surface area contributed by atoms with Crippen LogP contribution in [-0.4, -0.2) is 36.1 Å². The highest BCUT2D eigenvalue weighted by molar-refractivity contribution is 6.01. The van der Waals surface area contributed by atoms with Crippen molar-refractivity contribution in [3.63, 3.8) is 0 Å². The Morgan fingerprint density at radius 1 is 1.29 bits per heavy atom. The molecule has 92 valence electrons. The third-order valence-electron chi connectivity index (χ3n) is 2.04. The number of imide groups is 1. The highest BCUT2D eigenvalue weighted by atomic mass is 16.7. The maximum absolute atomic E-state index is 11.2. The Morgan fingerprint density at radius 2 is 1.94 bits per heavy atom. The number of hydroxylamine groups is 2. The molecule has 0 aromatic rings. The number of ether oxygens (including phenoxy) is 1. The molecule has 0 unspecified atom stereocenters. The van der Waals surface area contributed by atoms with Gasteiger partial charge in [-0.15, -0.1) is 17.4 Å². The lowest BCUT2D eigenvalue weighted by molar-refractivity contribution is -0.198. The molecule has 1 aliphatic heterocycles. The molecule has 1 heterocycles. The van der Waals surface area contributed by atoms with Crippen LogP contribution in [0.4, 0.5) is 0 Å². The number of hydrogen-bond acceptors (Lipinski definition) is 5. The summed E-state index contributed by atoms with van der Waals surface area (Å²) in [4.78, 5) is 38.1. The number of carbonyl (C=O) groups excluding carboxylic acids is 3. The first kappa shape index (κ1) is 13.2. The minimum absolute atomic E-state index is 0.0262. The Morgan fingerprint density at radius 3 is 2.53 bits per heavy atom. The second kappa shape index (κ2) is 6.66. The smallest absolute Gasteiger partial charge is 0.335 e. The molecule has 1 rings (SSSR count). The van der Waals surface area contributed by atoms with Crippen molar-refractivity contribution in [2.75, 3.05) is 13.2 Å². The second-order valence-electron chi connectivity index (χ2n) is 3.36. The molecule has 6 nitrogen and oxygen atoms in total. The molecule has 0 saturated carbocycles. The fraction of sp³-hybridized carbons (Fsp3) is 0.545. The summed E-state index contributed by atoms with van der Waals surface area (Å²) in [5, 5.41) is 0.518. The Bertz CT molecular complexity index is 341. The van der Waals surface area contributed by atoms with Crippen LogP contribution in [0.5, 0.6) is 0 Å². The van der Waals surface area contributed by atoms with Crippen molar-refractivity contribution in [3.8, 4) is 12.3 Å². The fourth-order valence-electron chi connectivity index (χ4n) is 1.19. The number of rotatable bonds is 6. The Hall–Kier alpha value is -1.87. The van der Waals surface area contributed by atoms with E-state index in [1.165, 1.54) is 0 Å². The van der Waals surface area contributed by atoms with E-state index in [2.05, 4.69) is 10.8 Å². The number of carbonyl (C=O) groups is 3. The standard InChI is InChI=1S/C11H13NO5/c1-2-3-7-16-8-6-11(15)17-12-9(13)4-5-10(12)14/h1H,3-8H2. The van der Waals surface area contributed by atoms with Gasteiger partial charge in [-0.25, -0.2) is 4.79 Å². The zero-order valence-corrected chi connectivity index (χ0v) is 9.31. The predicted octanol–water partition coefficient (Wildman–Crippen LogP) is 0.0236. The van der Waals surface area contributed by atoms with E-state index in [0.29, 0.717) is 18.1 Å². The summed E-state index contributed by atoms with van der Waals surface area (Å²) < 4.78 is 5.03. The molecule has 0 spiro atoms. The van der Waals surface area contributed by atoms with Crippen molar-refractivity contribution >= 4 is 17.8 Å². The van der Waals surface area contributed by atoms with Gasteiger partial charge >= 0.3 is 5.97 Å². The van der Waals surface area contributed by atoms with Crippen LogP contribution in [0.25, 0.3) is 0 Å². The van der Waals surface area contributed by atoms with Crippen LogP contribution >= 0.6 is 0 Å². The minimum atomic E-state index is -0.672. The maximum atomic E-state index is 11.2. The van der Waals surface area contributed by atoms with Gasteiger partial charge < -0.3 is 9.57 Å². The first-order chi connectivity index (χ1) is 8.15. The van der Waals surface area contributed by atoms with Gasteiger partial charge in [0.1, 0.15) is 0 Å². The highest BCUT2D eigenvalue weighted by Gasteiger charge is 2.32. The summed E-state index contributed by atoms with van der Waals surface area (Å²) in [6.07, 6.45) is 5.63. The van der Waals surface area contributed by atoms with Gasteiger partial charge in [-0.3, -0.25) is 9.59 Å². The Labute approximate surface area is 98.8 Å². The SMILES string of the molecule is C#CCCOCCC(=O)ON1C(=O)CCC1=O. The van der Waals surface area contributed by atoms with Crippen LogP contribution in [-0.2, 0) is 24.0 Å². The van der Waals surface area contributed by atoms with Gasteiger partial charge in [0.2, 0.25) is 0 Å². The maximum Gasteiger partial charge on any atom is 0.335 e.